The summed E-state index contributed by atoms with van der Waals surface area (Å²) in [5.41, 5.74) is -0.420. The van der Waals surface area contributed by atoms with Gasteiger partial charge in [0, 0.05) is 6.92 Å². The molecule has 80 valence electrons. The highest BCUT2D eigenvalue weighted by Gasteiger charge is 2.15. The van der Waals surface area contributed by atoms with Crippen LogP contribution >= 0.6 is 0 Å². The molecule has 1 aromatic carbocycles. The number of rotatable bonds is 3. The van der Waals surface area contributed by atoms with E-state index in [0.717, 1.165) is 19.1 Å². The molecule has 0 heterocycles. The summed E-state index contributed by atoms with van der Waals surface area (Å²) in [5, 5.41) is 0. The number of esters is 1. The second-order valence-electron chi connectivity index (χ2n) is 2.80. The van der Waals surface area contributed by atoms with Crippen molar-refractivity contribution in [1.82, 2.24) is 0 Å². The number of ether oxygens (including phenoxy) is 1. The Balaban J connectivity index is 2.82. The molecule has 0 aliphatic heterocycles. The summed E-state index contributed by atoms with van der Waals surface area (Å²) >= 11 is 0. The topological polar surface area (TPSA) is 43.4 Å². The summed E-state index contributed by atoms with van der Waals surface area (Å²) in [4.78, 5) is 21.6. The number of ketones is 1. The fourth-order valence-electron chi connectivity index (χ4n) is 0.964. The van der Waals surface area contributed by atoms with Crippen LogP contribution in [0.5, 0.6) is 0 Å². The van der Waals surface area contributed by atoms with Crippen molar-refractivity contribution in [2.24, 2.45) is 0 Å². The van der Waals surface area contributed by atoms with Gasteiger partial charge in [0.15, 0.2) is 18.2 Å². The molecule has 0 radical (unpaired) electrons. The van der Waals surface area contributed by atoms with E-state index in [4.69, 9.17) is 0 Å². The Hall–Kier alpha value is -1.78. The minimum atomic E-state index is -1.23. The fraction of sp³-hybridized carbons (Fsp3) is 0.200. The average Bonchev–Trinajstić information content (AvgIpc) is 2.18. The summed E-state index contributed by atoms with van der Waals surface area (Å²) in [6.07, 6.45) is 0. The normalized spacial score (nSPS) is 9.80. The molecule has 0 aromatic heterocycles. The molecule has 0 N–H and O–H groups in total. The van der Waals surface area contributed by atoms with Gasteiger partial charge in [-0.3, -0.25) is 9.59 Å². The van der Waals surface area contributed by atoms with Crippen molar-refractivity contribution in [3.63, 3.8) is 0 Å². The molecule has 0 aliphatic carbocycles. The number of benzene rings is 1. The molecular formula is C10H8F2O3. The molecule has 0 fully saturated rings. The average molecular weight is 214 g/mol. The van der Waals surface area contributed by atoms with E-state index in [2.05, 4.69) is 4.74 Å². The van der Waals surface area contributed by atoms with Crippen LogP contribution in [0.1, 0.15) is 17.3 Å². The van der Waals surface area contributed by atoms with Crippen LogP contribution in [0.3, 0.4) is 0 Å². The molecule has 0 saturated heterocycles. The summed E-state index contributed by atoms with van der Waals surface area (Å²) in [7, 11) is 0. The Labute approximate surface area is 84.7 Å². The number of hydrogen-bond acceptors (Lipinski definition) is 3. The first-order valence-corrected chi connectivity index (χ1v) is 4.13. The molecule has 0 saturated carbocycles. The highest BCUT2D eigenvalue weighted by atomic mass is 19.2. The van der Waals surface area contributed by atoms with Crippen molar-refractivity contribution in [2.45, 2.75) is 6.92 Å². The maximum atomic E-state index is 13.0. The molecule has 0 unspecified atom stereocenters. The predicted octanol–water partition coefficient (Wildman–Crippen LogP) is 1.71. The maximum absolute atomic E-state index is 13.0. The Morgan fingerprint density at radius 1 is 1.33 bits per heavy atom. The van der Waals surface area contributed by atoms with Crippen LogP contribution in [-0.4, -0.2) is 18.4 Å². The lowest BCUT2D eigenvalue weighted by Crippen LogP contribution is -2.13. The van der Waals surface area contributed by atoms with E-state index < -0.39 is 35.6 Å². The molecule has 15 heavy (non-hydrogen) atoms. The number of hydrogen-bond donors (Lipinski definition) is 0. The van der Waals surface area contributed by atoms with Gasteiger partial charge in [-0.05, 0) is 12.1 Å². The lowest BCUT2D eigenvalue weighted by atomic mass is 10.1. The number of halogens is 2. The number of Topliss-reactive ketones (excluding diaryl/α,β-unsaturated/α-hetero) is 1. The molecule has 1 aromatic rings. The predicted molar refractivity (Wildman–Crippen MR) is 47.3 cm³/mol. The summed E-state index contributed by atoms with van der Waals surface area (Å²) in [5.74, 6) is -3.76. The monoisotopic (exact) mass is 214 g/mol. The van der Waals surface area contributed by atoms with Gasteiger partial charge in [0.25, 0.3) is 0 Å². The van der Waals surface area contributed by atoms with E-state index in [0.29, 0.717) is 0 Å². The SMILES string of the molecule is CC(=O)OCC(=O)c1cccc(F)c1F. The van der Waals surface area contributed by atoms with E-state index in [1.807, 2.05) is 0 Å². The largest absolute Gasteiger partial charge is 0.457 e. The lowest BCUT2D eigenvalue weighted by molar-refractivity contribution is -0.139. The Kier molecular flexibility index (Phi) is 3.49. The van der Waals surface area contributed by atoms with E-state index in [9.17, 15) is 18.4 Å². The fourth-order valence-corrected chi connectivity index (χ4v) is 0.964. The van der Waals surface area contributed by atoms with E-state index in [1.165, 1.54) is 6.07 Å². The van der Waals surface area contributed by atoms with Crippen molar-refractivity contribution >= 4 is 11.8 Å². The third-order valence-electron chi connectivity index (χ3n) is 1.66. The van der Waals surface area contributed by atoms with Crippen molar-refractivity contribution in [3.05, 3.63) is 35.4 Å². The van der Waals surface area contributed by atoms with Gasteiger partial charge in [0.2, 0.25) is 5.78 Å². The zero-order valence-corrected chi connectivity index (χ0v) is 7.92. The highest BCUT2D eigenvalue weighted by molar-refractivity contribution is 5.98. The second kappa shape index (κ2) is 4.63. The third kappa shape index (κ3) is 2.83. The molecule has 0 spiro atoms. The van der Waals surface area contributed by atoms with Gasteiger partial charge in [-0.1, -0.05) is 6.07 Å². The van der Waals surface area contributed by atoms with E-state index in [-0.39, 0.29) is 0 Å². The van der Waals surface area contributed by atoms with Crippen LogP contribution in [0.15, 0.2) is 18.2 Å². The lowest BCUT2D eigenvalue weighted by Gasteiger charge is -2.03. The summed E-state index contributed by atoms with van der Waals surface area (Å²) in [6, 6.07) is 3.24. The molecule has 0 aliphatic rings. The molecular weight excluding hydrogens is 206 g/mol. The standard InChI is InChI=1S/C10H8F2O3/c1-6(13)15-5-9(14)7-3-2-4-8(11)10(7)12/h2-4H,5H2,1H3. The van der Waals surface area contributed by atoms with Crippen LogP contribution in [0.2, 0.25) is 0 Å². The van der Waals surface area contributed by atoms with Gasteiger partial charge in [-0.2, -0.15) is 0 Å². The summed E-state index contributed by atoms with van der Waals surface area (Å²) < 4.78 is 30.1. The molecule has 0 amide bonds. The first-order valence-electron chi connectivity index (χ1n) is 4.13. The summed E-state index contributed by atoms with van der Waals surface area (Å²) in [6.45, 7) is 0.533. The molecule has 1 rings (SSSR count). The van der Waals surface area contributed by atoms with Gasteiger partial charge in [-0.25, -0.2) is 8.78 Å². The Morgan fingerprint density at radius 2 is 2.00 bits per heavy atom. The number of carbonyl (C=O) groups is 2. The van der Waals surface area contributed by atoms with Crippen molar-refractivity contribution < 1.29 is 23.1 Å². The first-order chi connectivity index (χ1) is 7.02. The van der Waals surface area contributed by atoms with Crippen LogP contribution in [0, 0.1) is 11.6 Å². The van der Waals surface area contributed by atoms with Gasteiger partial charge in [-0.15, -0.1) is 0 Å². The zero-order valence-electron chi connectivity index (χ0n) is 7.92. The maximum Gasteiger partial charge on any atom is 0.303 e. The highest BCUT2D eigenvalue weighted by Crippen LogP contribution is 2.11. The van der Waals surface area contributed by atoms with E-state index >= 15 is 0 Å². The van der Waals surface area contributed by atoms with Gasteiger partial charge < -0.3 is 4.74 Å². The second-order valence-corrected chi connectivity index (χ2v) is 2.80. The van der Waals surface area contributed by atoms with E-state index in [1.54, 1.807) is 0 Å². The van der Waals surface area contributed by atoms with Crippen LogP contribution < -0.4 is 0 Å². The number of carbonyl (C=O) groups excluding carboxylic acids is 2. The van der Waals surface area contributed by atoms with Crippen LogP contribution in [0.4, 0.5) is 8.78 Å². The van der Waals surface area contributed by atoms with Crippen LogP contribution in [-0.2, 0) is 9.53 Å². The zero-order chi connectivity index (χ0) is 11.4. The van der Waals surface area contributed by atoms with Crippen molar-refractivity contribution in [3.8, 4) is 0 Å². The molecule has 5 heteroatoms. The van der Waals surface area contributed by atoms with Gasteiger partial charge in [0.1, 0.15) is 0 Å². The Bertz CT molecular complexity index is 402. The van der Waals surface area contributed by atoms with Crippen LogP contribution in [0.25, 0.3) is 0 Å². The minimum absolute atomic E-state index is 0.420. The van der Waals surface area contributed by atoms with Crippen molar-refractivity contribution in [2.75, 3.05) is 6.61 Å². The minimum Gasteiger partial charge on any atom is -0.457 e. The molecule has 0 bridgehead atoms. The quantitative estimate of drug-likeness (QED) is 0.568. The van der Waals surface area contributed by atoms with Gasteiger partial charge in [0.05, 0.1) is 5.56 Å². The smallest absolute Gasteiger partial charge is 0.303 e. The van der Waals surface area contributed by atoms with Gasteiger partial charge >= 0.3 is 5.97 Å². The first kappa shape index (κ1) is 11.3. The molecule has 0 atom stereocenters. The Morgan fingerprint density at radius 3 is 2.60 bits per heavy atom. The van der Waals surface area contributed by atoms with Crippen molar-refractivity contribution in [1.29, 1.82) is 0 Å². The third-order valence-corrected chi connectivity index (χ3v) is 1.66. The molecule has 3 nitrogen and oxygen atoms in total.